The minimum atomic E-state index is 1.03. The van der Waals surface area contributed by atoms with Gasteiger partial charge in [0.25, 0.3) is 0 Å². The smallest absolute Gasteiger partial charge is 0.123 e. The summed E-state index contributed by atoms with van der Waals surface area (Å²) in [6, 6.07) is 6.24. The molecule has 0 radical (unpaired) electrons. The molecule has 1 aromatic carbocycles. The number of hydrogen-bond acceptors (Lipinski definition) is 2. The number of halogens is 1. The van der Waals surface area contributed by atoms with Crippen molar-refractivity contribution in [2.24, 2.45) is 0 Å². The van der Waals surface area contributed by atoms with E-state index in [4.69, 9.17) is 0 Å². The molecule has 72 valence electrons. The molecule has 0 saturated carbocycles. The van der Waals surface area contributed by atoms with Gasteiger partial charge < -0.3 is 0 Å². The SMILES string of the molecule is CCc1ccc(-n2cnnc2)cc1Br. The van der Waals surface area contributed by atoms with Crippen LogP contribution >= 0.6 is 15.9 Å². The molecule has 4 heteroatoms. The van der Waals surface area contributed by atoms with Gasteiger partial charge in [-0.2, -0.15) is 0 Å². The Morgan fingerprint density at radius 1 is 1.29 bits per heavy atom. The Balaban J connectivity index is 2.43. The lowest BCUT2D eigenvalue weighted by molar-refractivity contribution is 1.04. The van der Waals surface area contributed by atoms with E-state index in [-0.39, 0.29) is 0 Å². The molecular weight excluding hydrogens is 242 g/mol. The first kappa shape index (κ1) is 9.40. The molecule has 2 aromatic rings. The Hall–Kier alpha value is -1.16. The molecule has 0 N–H and O–H groups in total. The first-order valence-corrected chi connectivity index (χ1v) is 5.24. The summed E-state index contributed by atoms with van der Waals surface area (Å²) in [6.45, 7) is 2.14. The summed E-state index contributed by atoms with van der Waals surface area (Å²) in [5, 5.41) is 7.54. The summed E-state index contributed by atoms with van der Waals surface area (Å²) >= 11 is 3.54. The number of aryl methyl sites for hydroxylation is 1. The number of nitrogens with zero attached hydrogens (tertiary/aromatic N) is 3. The quantitative estimate of drug-likeness (QED) is 0.822. The van der Waals surface area contributed by atoms with Crippen LogP contribution in [0.1, 0.15) is 12.5 Å². The molecule has 0 amide bonds. The number of benzene rings is 1. The Bertz CT molecular complexity index is 423. The van der Waals surface area contributed by atoms with Crippen molar-refractivity contribution in [2.45, 2.75) is 13.3 Å². The predicted molar refractivity (Wildman–Crippen MR) is 58.4 cm³/mol. The van der Waals surface area contributed by atoms with Gasteiger partial charge in [-0.15, -0.1) is 10.2 Å². The maximum atomic E-state index is 3.77. The standard InChI is InChI=1S/C10H10BrN3/c1-2-8-3-4-9(5-10(8)11)14-6-12-13-7-14/h3-7H,2H2,1H3. The van der Waals surface area contributed by atoms with Crippen LogP contribution in [0.5, 0.6) is 0 Å². The van der Waals surface area contributed by atoms with Crippen molar-refractivity contribution < 1.29 is 0 Å². The molecular formula is C10H10BrN3. The molecule has 1 heterocycles. The van der Waals surface area contributed by atoms with Crippen molar-refractivity contribution in [1.29, 1.82) is 0 Å². The van der Waals surface area contributed by atoms with Gasteiger partial charge in [-0.05, 0) is 24.1 Å². The van der Waals surface area contributed by atoms with Crippen LogP contribution in [0.25, 0.3) is 5.69 Å². The van der Waals surface area contributed by atoms with Crippen LogP contribution in [0.3, 0.4) is 0 Å². The lowest BCUT2D eigenvalue weighted by Gasteiger charge is -2.05. The fourth-order valence-corrected chi connectivity index (χ4v) is 1.96. The second-order valence-electron chi connectivity index (χ2n) is 3.00. The highest BCUT2D eigenvalue weighted by atomic mass is 79.9. The predicted octanol–water partition coefficient (Wildman–Crippen LogP) is 2.59. The van der Waals surface area contributed by atoms with Crippen LogP contribution in [0.2, 0.25) is 0 Å². The summed E-state index contributed by atoms with van der Waals surface area (Å²) in [5.41, 5.74) is 2.38. The molecule has 0 atom stereocenters. The van der Waals surface area contributed by atoms with Crippen molar-refractivity contribution in [3.63, 3.8) is 0 Å². The van der Waals surface area contributed by atoms with Crippen molar-refractivity contribution in [2.75, 3.05) is 0 Å². The van der Waals surface area contributed by atoms with Crippen LogP contribution in [0, 0.1) is 0 Å². The summed E-state index contributed by atoms with van der Waals surface area (Å²) < 4.78 is 3.01. The van der Waals surface area contributed by atoms with Gasteiger partial charge in [0.1, 0.15) is 12.7 Å². The van der Waals surface area contributed by atoms with Crippen LogP contribution in [-0.4, -0.2) is 14.8 Å². The van der Waals surface area contributed by atoms with E-state index in [1.54, 1.807) is 12.7 Å². The third-order valence-corrected chi connectivity index (χ3v) is 2.87. The van der Waals surface area contributed by atoms with E-state index in [0.29, 0.717) is 0 Å². The minimum Gasteiger partial charge on any atom is -0.288 e. The molecule has 0 saturated heterocycles. The van der Waals surface area contributed by atoms with Gasteiger partial charge in [-0.25, -0.2) is 0 Å². The average molecular weight is 252 g/mol. The second-order valence-corrected chi connectivity index (χ2v) is 3.85. The van der Waals surface area contributed by atoms with Gasteiger partial charge in [-0.1, -0.05) is 28.9 Å². The average Bonchev–Trinajstić information content (AvgIpc) is 2.70. The molecule has 14 heavy (non-hydrogen) atoms. The summed E-state index contributed by atoms with van der Waals surface area (Å²) in [4.78, 5) is 0. The fraction of sp³-hybridized carbons (Fsp3) is 0.200. The molecule has 2 rings (SSSR count). The maximum Gasteiger partial charge on any atom is 0.123 e. The fourth-order valence-electron chi connectivity index (χ4n) is 1.32. The largest absolute Gasteiger partial charge is 0.288 e. The normalized spacial score (nSPS) is 10.4. The number of aromatic nitrogens is 3. The highest BCUT2D eigenvalue weighted by Crippen LogP contribution is 2.20. The highest BCUT2D eigenvalue weighted by Gasteiger charge is 2.00. The van der Waals surface area contributed by atoms with E-state index in [1.807, 2.05) is 4.57 Å². The molecule has 3 nitrogen and oxygen atoms in total. The zero-order chi connectivity index (χ0) is 9.97. The van der Waals surface area contributed by atoms with E-state index in [0.717, 1.165) is 16.6 Å². The van der Waals surface area contributed by atoms with Crippen molar-refractivity contribution in [1.82, 2.24) is 14.8 Å². The molecule has 1 aromatic heterocycles. The van der Waals surface area contributed by atoms with Gasteiger partial charge >= 0.3 is 0 Å². The maximum absolute atomic E-state index is 3.77. The first-order chi connectivity index (χ1) is 6.81. The van der Waals surface area contributed by atoms with E-state index < -0.39 is 0 Å². The van der Waals surface area contributed by atoms with Crippen molar-refractivity contribution >= 4 is 15.9 Å². The summed E-state index contributed by atoms with van der Waals surface area (Å²) in [6.07, 6.45) is 4.41. The third-order valence-electron chi connectivity index (χ3n) is 2.13. The van der Waals surface area contributed by atoms with Crippen molar-refractivity contribution in [3.05, 3.63) is 40.9 Å². The Morgan fingerprint density at radius 3 is 2.57 bits per heavy atom. The van der Waals surface area contributed by atoms with Gasteiger partial charge in [-0.3, -0.25) is 4.57 Å². The molecule has 0 aliphatic carbocycles. The molecule has 0 fully saturated rings. The molecule has 0 aliphatic heterocycles. The van der Waals surface area contributed by atoms with E-state index >= 15 is 0 Å². The van der Waals surface area contributed by atoms with Gasteiger partial charge in [0.2, 0.25) is 0 Å². The van der Waals surface area contributed by atoms with Crippen molar-refractivity contribution in [3.8, 4) is 5.69 Å². The third kappa shape index (κ3) is 1.70. The molecule has 0 bridgehead atoms. The van der Waals surface area contributed by atoms with Crippen LogP contribution < -0.4 is 0 Å². The monoisotopic (exact) mass is 251 g/mol. The Morgan fingerprint density at radius 2 is 2.00 bits per heavy atom. The lowest BCUT2D eigenvalue weighted by Crippen LogP contribution is -1.91. The van der Waals surface area contributed by atoms with E-state index in [9.17, 15) is 0 Å². The van der Waals surface area contributed by atoms with E-state index in [2.05, 4.69) is 51.3 Å². The van der Waals surface area contributed by atoms with Gasteiger partial charge in [0, 0.05) is 10.2 Å². The first-order valence-electron chi connectivity index (χ1n) is 4.44. The topological polar surface area (TPSA) is 30.7 Å². The molecule has 0 spiro atoms. The summed E-state index contributed by atoms with van der Waals surface area (Å²) in [7, 11) is 0. The number of hydrogen-bond donors (Lipinski definition) is 0. The van der Waals surface area contributed by atoms with Gasteiger partial charge in [0.15, 0.2) is 0 Å². The zero-order valence-corrected chi connectivity index (χ0v) is 9.40. The Kier molecular flexibility index (Phi) is 2.63. The minimum absolute atomic E-state index is 1.03. The zero-order valence-electron chi connectivity index (χ0n) is 7.81. The van der Waals surface area contributed by atoms with Gasteiger partial charge in [0.05, 0.1) is 0 Å². The number of rotatable bonds is 2. The van der Waals surface area contributed by atoms with Crippen LogP contribution in [-0.2, 0) is 6.42 Å². The lowest BCUT2D eigenvalue weighted by atomic mass is 10.1. The molecule has 0 unspecified atom stereocenters. The second kappa shape index (κ2) is 3.92. The highest BCUT2D eigenvalue weighted by molar-refractivity contribution is 9.10. The molecule has 0 aliphatic rings. The van der Waals surface area contributed by atoms with Crippen LogP contribution in [0.4, 0.5) is 0 Å². The van der Waals surface area contributed by atoms with E-state index in [1.165, 1.54) is 5.56 Å². The van der Waals surface area contributed by atoms with Crippen LogP contribution in [0.15, 0.2) is 35.3 Å². The summed E-state index contributed by atoms with van der Waals surface area (Å²) in [5.74, 6) is 0. The Labute approximate surface area is 90.9 Å².